The Bertz CT molecular complexity index is 777. The largest absolute Gasteiger partial charge is 0.478 e. The number of sulfonamides is 1. The van der Waals surface area contributed by atoms with E-state index in [4.69, 9.17) is 0 Å². The average molecular weight is 417 g/mol. The first-order valence-electron chi connectivity index (χ1n) is 8.00. The summed E-state index contributed by atoms with van der Waals surface area (Å²) < 4.78 is 28.7. The Morgan fingerprint density at radius 2 is 2.04 bits per heavy atom. The summed E-state index contributed by atoms with van der Waals surface area (Å²) in [5.74, 6) is -1.14. The van der Waals surface area contributed by atoms with E-state index in [0.29, 0.717) is 28.7 Å². The van der Waals surface area contributed by atoms with E-state index < -0.39 is 16.0 Å². The van der Waals surface area contributed by atoms with Crippen molar-refractivity contribution in [3.63, 3.8) is 0 Å². The molecule has 0 spiro atoms. The van der Waals surface area contributed by atoms with Gasteiger partial charge in [-0.25, -0.2) is 17.9 Å². The Morgan fingerprint density at radius 1 is 1.38 bits per heavy atom. The number of benzene rings is 1. The van der Waals surface area contributed by atoms with Crippen molar-refractivity contribution in [1.82, 2.24) is 9.62 Å². The number of nitrogens with one attached hydrogen (secondary N) is 1. The van der Waals surface area contributed by atoms with Gasteiger partial charge in [-0.3, -0.25) is 4.90 Å². The predicted molar refractivity (Wildman–Crippen MR) is 93.8 cm³/mol. The molecule has 1 aromatic rings. The molecule has 0 aromatic heterocycles. The van der Waals surface area contributed by atoms with Gasteiger partial charge in [-0.05, 0) is 66.7 Å². The summed E-state index contributed by atoms with van der Waals surface area (Å²) in [6.45, 7) is 4.51. The Labute approximate surface area is 150 Å². The number of hydrogen-bond acceptors (Lipinski definition) is 4. The fraction of sp³-hybridized carbons (Fsp3) is 0.562. The lowest BCUT2D eigenvalue weighted by Crippen LogP contribution is -2.37. The van der Waals surface area contributed by atoms with Crippen LogP contribution in [0.4, 0.5) is 0 Å². The molecule has 2 N–H and O–H groups in total. The van der Waals surface area contributed by atoms with E-state index in [9.17, 15) is 18.3 Å². The van der Waals surface area contributed by atoms with Crippen LogP contribution in [0.1, 0.15) is 42.1 Å². The molecule has 1 aromatic carbocycles. The number of carboxylic acid groups (broad SMARTS) is 1. The Kier molecular flexibility index (Phi) is 4.76. The summed E-state index contributed by atoms with van der Waals surface area (Å²) in [5.41, 5.74) is 0.546. The predicted octanol–water partition coefficient (Wildman–Crippen LogP) is 2.36. The van der Waals surface area contributed by atoms with Crippen molar-refractivity contribution in [2.45, 2.75) is 56.1 Å². The number of carbonyl (C=O) groups is 1. The van der Waals surface area contributed by atoms with Gasteiger partial charge in [-0.15, -0.1) is 0 Å². The number of aromatic carboxylic acids is 1. The third kappa shape index (κ3) is 3.51. The molecule has 1 aliphatic carbocycles. The summed E-state index contributed by atoms with van der Waals surface area (Å²) in [5, 5.41) is 9.17. The molecular formula is C16H21BrN2O4S. The Morgan fingerprint density at radius 3 is 2.62 bits per heavy atom. The zero-order chi connectivity index (χ0) is 17.6. The molecular weight excluding hydrogens is 396 g/mol. The highest BCUT2D eigenvalue weighted by molar-refractivity contribution is 9.10. The summed E-state index contributed by atoms with van der Waals surface area (Å²) in [4.78, 5) is 13.6. The van der Waals surface area contributed by atoms with Crippen LogP contribution < -0.4 is 4.72 Å². The fourth-order valence-electron chi connectivity index (χ4n) is 3.40. The van der Waals surface area contributed by atoms with Crippen LogP contribution in [0.3, 0.4) is 0 Å². The van der Waals surface area contributed by atoms with Crippen LogP contribution in [-0.2, 0) is 10.0 Å². The van der Waals surface area contributed by atoms with Gasteiger partial charge in [0.1, 0.15) is 0 Å². The molecule has 2 fully saturated rings. The molecule has 6 nitrogen and oxygen atoms in total. The monoisotopic (exact) mass is 416 g/mol. The van der Waals surface area contributed by atoms with Gasteiger partial charge >= 0.3 is 5.97 Å². The van der Waals surface area contributed by atoms with E-state index in [1.165, 1.54) is 25.0 Å². The van der Waals surface area contributed by atoms with Gasteiger partial charge in [-0.1, -0.05) is 0 Å². The molecule has 0 bridgehead atoms. The molecule has 2 aliphatic rings. The molecule has 2 unspecified atom stereocenters. The molecule has 3 rings (SSSR count). The quantitative estimate of drug-likeness (QED) is 0.768. The van der Waals surface area contributed by atoms with Gasteiger partial charge in [0.15, 0.2) is 0 Å². The zero-order valence-electron chi connectivity index (χ0n) is 13.6. The lowest BCUT2D eigenvalue weighted by Gasteiger charge is -2.20. The van der Waals surface area contributed by atoms with Crippen molar-refractivity contribution in [2.24, 2.45) is 0 Å². The number of hydrogen-bond donors (Lipinski definition) is 2. The standard InChI is InChI=1S/C16H21BrN2O4S/c1-9-5-11(16(20)21)7-14(15(9)17)24(22,23)18-12-6-10(2)19(8-12)13-3-4-13/h5,7,10,12-13,18H,3-4,6,8H2,1-2H3,(H,20,21). The minimum Gasteiger partial charge on any atom is -0.478 e. The zero-order valence-corrected chi connectivity index (χ0v) is 16.0. The Balaban J connectivity index is 1.84. The van der Waals surface area contributed by atoms with Crippen molar-refractivity contribution >= 4 is 31.9 Å². The molecule has 2 atom stereocenters. The van der Waals surface area contributed by atoms with Gasteiger partial charge < -0.3 is 5.11 Å². The van der Waals surface area contributed by atoms with Crippen LogP contribution in [0.2, 0.25) is 0 Å². The van der Waals surface area contributed by atoms with Crippen LogP contribution in [0.25, 0.3) is 0 Å². The van der Waals surface area contributed by atoms with Crippen LogP contribution in [0.5, 0.6) is 0 Å². The summed E-state index contributed by atoms with van der Waals surface area (Å²) in [6.07, 6.45) is 3.15. The molecule has 1 saturated carbocycles. The minimum atomic E-state index is -3.79. The van der Waals surface area contributed by atoms with Crippen molar-refractivity contribution < 1.29 is 18.3 Å². The second kappa shape index (κ2) is 6.40. The minimum absolute atomic E-state index is 0.0163. The van der Waals surface area contributed by atoms with Gasteiger partial charge in [-0.2, -0.15) is 0 Å². The van der Waals surface area contributed by atoms with Gasteiger partial charge in [0.2, 0.25) is 10.0 Å². The molecule has 1 aliphatic heterocycles. The van der Waals surface area contributed by atoms with Crippen molar-refractivity contribution in [3.05, 3.63) is 27.7 Å². The van der Waals surface area contributed by atoms with Gasteiger partial charge in [0.05, 0.1) is 10.5 Å². The highest BCUT2D eigenvalue weighted by atomic mass is 79.9. The average Bonchev–Trinajstić information content (AvgIpc) is 3.25. The van der Waals surface area contributed by atoms with Gasteiger partial charge in [0, 0.05) is 29.1 Å². The van der Waals surface area contributed by atoms with E-state index in [2.05, 4.69) is 32.5 Å². The van der Waals surface area contributed by atoms with Crippen molar-refractivity contribution in [2.75, 3.05) is 6.54 Å². The number of rotatable bonds is 5. The maximum atomic E-state index is 12.8. The smallest absolute Gasteiger partial charge is 0.335 e. The second-order valence-corrected chi connectivity index (χ2v) is 9.22. The number of likely N-dealkylation sites (tertiary alicyclic amines) is 1. The molecule has 8 heteroatoms. The van der Waals surface area contributed by atoms with E-state index in [1.807, 2.05) is 0 Å². The first-order valence-corrected chi connectivity index (χ1v) is 10.3. The van der Waals surface area contributed by atoms with Crippen LogP contribution in [0, 0.1) is 6.92 Å². The molecule has 1 saturated heterocycles. The summed E-state index contributed by atoms with van der Waals surface area (Å²) >= 11 is 3.28. The molecule has 24 heavy (non-hydrogen) atoms. The molecule has 1 heterocycles. The lowest BCUT2D eigenvalue weighted by molar-refractivity contribution is 0.0696. The van der Waals surface area contributed by atoms with Gasteiger partial charge in [0.25, 0.3) is 0 Å². The lowest BCUT2D eigenvalue weighted by atomic mass is 10.1. The number of nitrogens with zero attached hydrogens (tertiary/aromatic N) is 1. The third-order valence-electron chi connectivity index (χ3n) is 4.72. The van der Waals surface area contributed by atoms with E-state index >= 15 is 0 Å². The highest BCUT2D eigenvalue weighted by Gasteiger charge is 2.40. The Hall–Kier alpha value is -0.960. The van der Waals surface area contributed by atoms with Crippen LogP contribution in [-0.4, -0.2) is 49.1 Å². The van der Waals surface area contributed by atoms with Crippen molar-refractivity contribution in [3.8, 4) is 0 Å². The number of carboxylic acids is 1. The molecule has 132 valence electrons. The summed E-state index contributed by atoms with van der Waals surface area (Å²) in [6, 6.07) is 3.47. The molecule has 0 radical (unpaired) electrons. The van der Waals surface area contributed by atoms with Crippen LogP contribution in [0.15, 0.2) is 21.5 Å². The first kappa shape index (κ1) is 17.8. The SMILES string of the molecule is Cc1cc(C(=O)O)cc(S(=O)(=O)NC2CC(C)N(C3CC3)C2)c1Br. The number of aryl methyl sites for hydroxylation is 1. The number of halogens is 1. The normalized spacial score (nSPS) is 25.1. The first-order chi connectivity index (χ1) is 11.2. The topological polar surface area (TPSA) is 86.7 Å². The highest BCUT2D eigenvalue weighted by Crippen LogP contribution is 2.34. The maximum Gasteiger partial charge on any atom is 0.335 e. The third-order valence-corrected chi connectivity index (χ3v) is 7.58. The van der Waals surface area contributed by atoms with E-state index in [-0.39, 0.29) is 16.5 Å². The molecule has 0 amide bonds. The fourth-order valence-corrected chi connectivity index (χ4v) is 5.68. The van der Waals surface area contributed by atoms with Crippen LogP contribution >= 0.6 is 15.9 Å². The van der Waals surface area contributed by atoms with Crippen molar-refractivity contribution in [1.29, 1.82) is 0 Å². The maximum absolute atomic E-state index is 12.8. The second-order valence-electron chi connectivity index (χ2n) is 6.74. The van der Waals surface area contributed by atoms with E-state index in [0.717, 1.165) is 6.42 Å². The summed E-state index contributed by atoms with van der Waals surface area (Å²) in [7, 11) is -3.79. The van der Waals surface area contributed by atoms with E-state index in [1.54, 1.807) is 6.92 Å².